The van der Waals surface area contributed by atoms with Crippen molar-refractivity contribution in [2.75, 3.05) is 5.75 Å². The van der Waals surface area contributed by atoms with Gasteiger partial charge in [0.05, 0.1) is 17.5 Å². The van der Waals surface area contributed by atoms with E-state index in [4.69, 9.17) is 0 Å². The Hall–Kier alpha value is -2.78. The molecule has 7 nitrogen and oxygen atoms in total. The summed E-state index contributed by atoms with van der Waals surface area (Å²) in [5.74, 6) is 1.01. The number of thiophene rings is 1. The summed E-state index contributed by atoms with van der Waals surface area (Å²) in [4.78, 5) is 27.9. The van der Waals surface area contributed by atoms with Gasteiger partial charge >= 0.3 is 0 Å². The number of benzene rings is 1. The van der Waals surface area contributed by atoms with Crippen LogP contribution in [0.5, 0.6) is 0 Å². The summed E-state index contributed by atoms with van der Waals surface area (Å²) in [6, 6.07) is 7.81. The molecule has 0 fully saturated rings. The summed E-state index contributed by atoms with van der Waals surface area (Å²) in [5.41, 5.74) is 3.15. The lowest BCUT2D eigenvalue weighted by molar-refractivity contribution is -0.119. The highest BCUT2D eigenvalue weighted by atomic mass is 32.2. The second kappa shape index (κ2) is 8.53. The minimum Gasteiger partial charge on any atom is -0.349 e. The van der Waals surface area contributed by atoms with Crippen LogP contribution in [0.2, 0.25) is 0 Å². The number of aryl methyl sites for hydroxylation is 3. The van der Waals surface area contributed by atoms with E-state index < -0.39 is 0 Å². The molecule has 1 N–H and O–H groups in total. The van der Waals surface area contributed by atoms with Gasteiger partial charge in [-0.1, -0.05) is 23.9 Å². The van der Waals surface area contributed by atoms with Crippen LogP contribution in [0.15, 0.2) is 41.9 Å². The van der Waals surface area contributed by atoms with Gasteiger partial charge in [0.1, 0.15) is 28.3 Å². The van der Waals surface area contributed by atoms with E-state index in [9.17, 15) is 4.79 Å². The van der Waals surface area contributed by atoms with E-state index in [1.165, 1.54) is 28.5 Å². The van der Waals surface area contributed by atoms with Crippen molar-refractivity contribution in [2.24, 2.45) is 0 Å². The zero-order valence-electron chi connectivity index (χ0n) is 17.2. The number of carbonyl (C=O) groups is 1. The van der Waals surface area contributed by atoms with Gasteiger partial charge in [0.2, 0.25) is 5.91 Å². The lowest BCUT2D eigenvalue weighted by atomic mass is 10.1. The van der Waals surface area contributed by atoms with Crippen LogP contribution >= 0.6 is 23.1 Å². The maximum absolute atomic E-state index is 12.6. The molecule has 4 aromatic rings. The molecule has 9 heteroatoms. The number of fused-ring (bicyclic) bond motifs is 1. The fourth-order valence-corrected chi connectivity index (χ4v) is 5.26. The number of carbonyl (C=O) groups excluding carboxylic acids is 1. The lowest BCUT2D eigenvalue weighted by Gasteiger charge is -2.15. The molecular formula is C21H22N6OS2. The van der Waals surface area contributed by atoms with Gasteiger partial charge in [0.15, 0.2) is 0 Å². The van der Waals surface area contributed by atoms with Crippen LogP contribution in [0.3, 0.4) is 0 Å². The number of rotatable bonds is 6. The summed E-state index contributed by atoms with van der Waals surface area (Å²) in [7, 11) is 0. The molecule has 0 radical (unpaired) electrons. The van der Waals surface area contributed by atoms with E-state index >= 15 is 0 Å². The maximum Gasteiger partial charge on any atom is 0.230 e. The van der Waals surface area contributed by atoms with Gasteiger partial charge < -0.3 is 5.32 Å². The number of nitrogens with zero attached hydrogens (tertiary/aromatic N) is 5. The number of hydrogen-bond donors (Lipinski definition) is 1. The Morgan fingerprint density at radius 2 is 1.97 bits per heavy atom. The van der Waals surface area contributed by atoms with Gasteiger partial charge in [0.25, 0.3) is 0 Å². The first-order valence-electron chi connectivity index (χ1n) is 9.54. The van der Waals surface area contributed by atoms with E-state index in [0.29, 0.717) is 5.75 Å². The van der Waals surface area contributed by atoms with Crippen molar-refractivity contribution < 1.29 is 4.79 Å². The van der Waals surface area contributed by atoms with E-state index in [1.54, 1.807) is 22.3 Å². The van der Waals surface area contributed by atoms with Crippen molar-refractivity contribution >= 4 is 39.2 Å². The third kappa shape index (κ3) is 4.22. The van der Waals surface area contributed by atoms with Crippen LogP contribution in [0.4, 0.5) is 0 Å². The quantitative estimate of drug-likeness (QED) is 0.359. The molecule has 0 aliphatic rings. The van der Waals surface area contributed by atoms with Crippen molar-refractivity contribution in [3.05, 3.63) is 58.7 Å². The summed E-state index contributed by atoms with van der Waals surface area (Å²) < 4.78 is 1.70. The number of thioether (sulfide) groups is 1. The molecule has 3 heterocycles. The molecule has 1 aromatic carbocycles. The van der Waals surface area contributed by atoms with E-state index in [-0.39, 0.29) is 11.9 Å². The normalized spacial score (nSPS) is 12.3. The third-order valence-electron chi connectivity index (χ3n) is 4.90. The average Bonchev–Trinajstić information content (AvgIpc) is 3.35. The molecule has 4 rings (SSSR count). The minimum absolute atomic E-state index is 0.0260. The van der Waals surface area contributed by atoms with E-state index in [0.717, 1.165) is 32.3 Å². The molecule has 0 aliphatic carbocycles. The van der Waals surface area contributed by atoms with Crippen LogP contribution < -0.4 is 5.32 Å². The lowest BCUT2D eigenvalue weighted by Crippen LogP contribution is -2.28. The van der Waals surface area contributed by atoms with Crippen molar-refractivity contribution in [2.45, 2.75) is 38.8 Å². The van der Waals surface area contributed by atoms with E-state index in [2.05, 4.69) is 39.2 Å². The molecule has 0 aliphatic heterocycles. The van der Waals surface area contributed by atoms with Crippen LogP contribution in [-0.4, -0.2) is 36.4 Å². The van der Waals surface area contributed by atoms with Gasteiger partial charge in [-0.3, -0.25) is 4.79 Å². The molecule has 1 amide bonds. The van der Waals surface area contributed by atoms with Crippen molar-refractivity contribution in [3.8, 4) is 5.69 Å². The number of amides is 1. The second-order valence-electron chi connectivity index (χ2n) is 7.05. The maximum atomic E-state index is 12.6. The van der Waals surface area contributed by atoms with Crippen molar-refractivity contribution in [3.63, 3.8) is 0 Å². The number of hydrogen-bond acceptors (Lipinski definition) is 7. The van der Waals surface area contributed by atoms with Crippen LogP contribution in [0.1, 0.15) is 34.8 Å². The Labute approximate surface area is 183 Å². The first-order valence-corrected chi connectivity index (χ1v) is 11.3. The molecule has 3 aromatic heterocycles. The fraction of sp³-hybridized carbons (Fsp3) is 0.286. The van der Waals surface area contributed by atoms with Gasteiger partial charge in [-0.15, -0.1) is 11.3 Å². The largest absolute Gasteiger partial charge is 0.349 e. The summed E-state index contributed by atoms with van der Waals surface area (Å²) in [6.45, 7) is 8.04. The molecule has 0 saturated carbocycles. The third-order valence-corrected chi connectivity index (χ3v) is 6.98. The highest BCUT2D eigenvalue weighted by molar-refractivity contribution is 8.00. The van der Waals surface area contributed by atoms with Gasteiger partial charge in [-0.05, 0) is 51.0 Å². The molecule has 30 heavy (non-hydrogen) atoms. The summed E-state index contributed by atoms with van der Waals surface area (Å²) >= 11 is 3.14. The van der Waals surface area contributed by atoms with Gasteiger partial charge in [0, 0.05) is 10.3 Å². The monoisotopic (exact) mass is 438 g/mol. The smallest absolute Gasteiger partial charge is 0.230 e. The average molecular weight is 439 g/mol. The fourth-order valence-electron chi connectivity index (χ4n) is 3.18. The highest BCUT2D eigenvalue weighted by Gasteiger charge is 2.16. The molecule has 1 atom stereocenters. The van der Waals surface area contributed by atoms with Crippen LogP contribution in [-0.2, 0) is 4.79 Å². The predicted molar refractivity (Wildman–Crippen MR) is 120 cm³/mol. The Morgan fingerprint density at radius 1 is 1.20 bits per heavy atom. The van der Waals surface area contributed by atoms with E-state index in [1.807, 2.05) is 38.1 Å². The first kappa shape index (κ1) is 20.5. The van der Waals surface area contributed by atoms with Crippen molar-refractivity contribution in [1.82, 2.24) is 30.0 Å². The highest BCUT2D eigenvalue weighted by Crippen LogP contribution is 2.35. The van der Waals surface area contributed by atoms with Gasteiger partial charge in [-0.2, -0.15) is 5.10 Å². The Kier molecular flexibility index (Phi) is 5.83. The molecule has 154 valence electrons. The topological polar surface area (TPSA) is 85.6 Å². The minimum atomic E-state index is -0.0971. The SMILES string of the molecule is Cc1nc(SCC(=O)N[C@H](C)c2ccc(-n3cncn3)cc2)c2c(C)c(C)sc2n1. The zero-order chi connectivity index (χ0) is 21.3. The molecular weight excluding hydrogens is 416 g/mol. The summed E-state index contributed by atoms with van der Waals surface area (Å²) in [6.07, 6.45) is 3.15. The number of nitrogens with one attached hydrogen (secondary N) is 1. The zero-order valence-corrected chi connectivity index (χ0v) is 18.8. The van der Waals surface area contributed by atoms with Gasteiger partial charge in [-0.25, -0.2) is 19.6 Å². The van der Waals surface area contributed by atoms with Crippen molar-refractivity contribution in [1.29, 1.82) is 0 Å². The summed E-state index contributed by atoms with van der Waals surface area (Å²) in [5, 5.41) is 9.13. The Bertz CT molecular complexity index is 1180. The molecule has 0 bridgehead atoms. The standard InChI is InChI=1S/C21H22N6OS2/c1-12-14(3)30-21-19(12)20(25-15(4)26-21)29-9-18(28)24-13(2)16-5-7-17(8-6-16)27-11-22-10-23-27/h5-8,10-11,13H,9H2,1-4H3,(H,24,28)/t13-/m1/s1. The first-order chi connectivity index (χ1) is 14.4. The van der Waals surface area contributed by atoms with Crippen LogP contribution in [0, 0.1) is 20.8 Å². The van der Waals surface area contributed by atoms with Crippen LogP contribution in [0.25, 0.3) is 15.9 Å². The molecule has 0 saturated heterocycles. The Morgan fingerprint density at radius 3 is 2.67 bits per heavy atom. The molecule has 0 spiro atoms. The Balaban J connectivity index is 1.41. The second-order valence-corrected chi connectivity index (χ2v) is 9.22. The molecule has 0 unspecified atom stereocenters. The predicted octanol–water partition coefficient (Wildman–Crippen LogP) is 4.17. The number of aromatic nitrogens is 5.